The highest BCUT2D eigenvalue weighted by molar-refractivity contribution is 7.22. The fourth-order valence-electron chi connectivity index (χ4n) is 4.35. The van der Waals surface area contributed by atoms with Gasteiger partial charge in [-0.15, -0.1) is 0 Å². The molecule has 1 amide bonds. The zero-order valence-corrected chi connectivity index (χ0v) is 20.7. The van der Waals surface area contributed by atoms with Gasteiger partial charge in [-0.05, 0) is 43.7 Å². The zero-order chi connectivity index (χ0) is 25.4. The summed E-state index contributed by atoms with van der Waals surface area (Å²) in [7, 11) is 0. The third kappa shape index (κ3) is 4.87. The quantitative estimate of drug-likeness (QED) is 0.324. The Morgan fingerprint density at radius 3 is 2.61 bits per heavy atom. The molecule has 6 nitrogen and oxygen atoms in total. The molecular formula is C25H21ClF3N5OS. The van der Waals surface area contributed by atoms with Crippen molar-refractivity contribution in [1.29, 1.82) is 0 Å². The molecule has 1 aliphatic rings. The van der Waals surface area contributed by atoms with Crippen LogP contribution < -0.4 is 4.90 Å². The van der Waals surface area contributed by atoms with E-state index in [-0.39, 0.29) is 37.4 Å². The first-order valence-electron chi connectivity index (χ1n) is 11.3. The number of anilines is 1. The summed E-state index contributed by atoms with van der Waals surface area (Å²) in [5, 5.41) is 1.15. The average Bonchev–Trinajstić information content (AvgIpc) is 3.12. The van der Waals surface area contributed by atoms with Crippen LogP contribution in [0.5, 0.6) is 0 Å². The fourth-order valence-corrected chi connectivity index (χ4v) is 5.52. The Labute approximate surface area is 214 Å². The molecule has 2 aromatic carbocycles. The van der Waals surface area contributed by atoms with Crippen LogP contribution in [0.1, 0.15) is 22.3 Å². The Balaban J connectivity index is 1.49. The Bertz CT molecular complexity index is 1410. The number of halogens is 4. The van der Waals surface area contributed by atoms with Crippen molar-refractivity contribution in [3.63, 3.8) is 0 Å². The van der Waals surface area contributed by atoms with Crippen LogP contribution in [0.3, 0.4) is 0 Å². The van der Waals surface area contributed by atoms with Crippen molar-refractivity contribution in [2.45, 2.75) is 25.6 Å². The summed E-state index contributed by atoms with van der Waals surface area (Å²) in [5.41, 5.74) is 2.00. The second kappa shape index (κ2) is 9.67. The number of rotatable bonds is 3. The number of carbonyl (C=O) groups is 1. The maximum absolute atomic E-state index is 14.2. The maximum atomic E-state index is 14.2. The second-order valence-electron chi connectivity index (χ2n) is 8.56. The number of fused-ring (bicyclic) bond motifs is 1. The van der Waals surface area contributed by atoms with Crippen molar-refractivity contribution in [3.05, 3.63) is 71.0 Å². The predicted molar refractivity (Wildman–Crippen MR) is 135 cm³/mol. The van der Waals surface area contributed by atoms with Gasteiger partial charge in [-0.25, -0.2) is 15.0 Å². The van der Waals surface area contributed by atoms with Gasteiger partial charge in [0.05, 0.1) is 15.8 Å². The minimum absolute atomic E-state index is 0.108. The number of hydrogen-bond donors (Lipinski definition) is 0. The van der Waals surface area contributed by atoms with E-state index in [9.17, 15) is 18.0 Å². The van der Waals surface area contributed by atoms with Gasteiger partial charge in [-0.1, -0.05) is 40.6 Å². The van der Waals surface area contributed by atoms with Gasteiger partial charge in [0, 0.05) is 42.6 Å². The summed E-state index contributed by atoms with van der Waals surface area (Å²) in [5.74, 6) is -0.407. The monoisotopic (exact) mass is 531 g/mol. The molecule has 186 valence electrons. The van der Waals surface area contributed by atoms with Gasteiger partial charge in [-0.3, -0.25) is 4.79 Å². The molecule has 0 spiro atoms. The molecule has 0 saturated carbocycles. The Morgan fingerprint density at radius 1 is 1.08 bits per heavy atom. The Morgan fingerprint density at radius 2 is 1.86 bits per heavy atom. The van der Waals surface area contributed by atoms with Crippen LogP contribution in [0.2, 0.25) is 5.02 Å². The lowest BCUT2D eigenvalue weighted by molar-refractivity contribution is -0.176. The molecule has 11 heteroatoms. The second-order valence-corrected chi connectivity index (χ2v) is 10.0. The van der Waals surface area contributed by atoms with Crippen LogP contribution in [0.15, 0.2) is 54.9 Å². The molecule has 5 rings (SSSR count). The number of hydrogen-bond acceptors (Lipinski definition) is 6. The molecule has 0 bridgehead atoms. The van der Waals surface area contributed by atoms with Gasteiger partial charge in [0.1, 0.15) is 6.04 Å². The van der Waals surface area contributed by atoms with Gasteiger partial charge in [0.25, 0.3) is 5.91 Å². The van der Waals surface area contributed by atoms with E-state index >= 15 is 0 Å². The number of nitrogens with zero attached hydrogens (tertiary/aromatic N) is 5. The Kier molecular flexibility index (Phi) is 6.57. The van der Waals surface area contributed by atoms with Crippen LogP contribution in [0.25, 0.3) is 21.6 Å². The van der Waals surface area contributed by atoms with Crippen molar-refractivity contribution in [2.24, 2.45) is 0 Å². The van der Waals surface area contributed by atoms with E-state index in [1.54, 1.807) is 43.3 Å². The highest BCUT2D eigenvalue weighted by atomic mass is 35.5. The first-order valence-corrected chi connectivity index (χ1v) is 12.5. The van der Waals surface area contributed by atoms with Crippen LogP contribution >= 0.6 is 22.9 Å². The van der Waals surface area contributed by atoms with Crippen molar-refractivity contribution in [2.75, 3.05) is 24.5 Å². The van der Waals surface area contributed by atoms with E-state index in [0.29, 0.717) is 21.2 Å². The largest absolute Gasteiger partial charge is 0.408 e. The summed E-state index contributed by atoms with van der Waals surface area (Å²) in [4.78, 5) is 29.4. The van der Waals surface area contributed by atoms with Gasteiger partial charge in [0.15, 0.2) is 11.0 Å². The summed E-state index contributed by atoms with van der Waals surface area (Å²) >= 11 is 7.46. The molecule has 0 unspecified atom stereocenters. The van der Waals surface area contributed by atoms with Gasteiger partial charge < -0.3 is 9.80 Å². The summed E-state index contributed by atoms with van der Waals surface area (Å²) in [6.45, 7) is 2.01. The van der Waals surface area contributed by atoms with Gasteiger partial charge >= 0.3 is 6.18 Å². The number of benzene rings is 2. The lowest BCUT2D eigenvalue weighted by atomic mass is 10.0. The molecule has 0 N–H and O–H groups in total. The molecule has 4 aromatic rings. The molecule has 0 aliphatic carbocycles. The van der Waals surface area contributed by atoms with Gasteiger partial charge in [-0.2, -0.15) is 13.2 Å². The smallest absolute Gasteiger partial charge is 0.346 e. The fraction of sp³-hybridized carbons (Fsp3) is 0.280. The molecular weight excluding hydrogens is 511 g/mol. The van der Waals surface area contributed by atoms with Crippen molar-refractivity contribution in [3.8, 4) is 11.4 Å². The third-order valence-corrected chi connectivity index (χ3v) is 7.45. The molecule has 1 atom stereocenters. The minimum Gasteiger partial charge on any atom is -0.346 e. The molecule has 2 aromatic heterocycles. The number of aryl methyl sites for hydroxylation is 1. The molecule has 3 heterocycles. The Hall–Kier alpha value is -3.24. The SMILES string of the molecule is Cc1ccc(-c2ncccn2)c(C(=O)N2CCN(c3nc4cc(Cl)ccc4s3)CC[C@H]2C(F)(F)F)c1. The van der Waals surface area contributed by atoms with Crippen LogP contribution in [-0.4, -0.2) is 57.6 Å². The van der Waals surface area contributed by atoms with E-state index in [1.807, 2.05) is 11.0 Å². The number of alkyl halides is 3. The summed E-state index contributed by atoms with van der Waals surface area (Å²) in [6, 6.07) is 10.1. The van der Waals surface area contributed by atoms with Crippen LogP contribution in [0, 0.1) is 6.92 Å². The van der Waals surface area contributed by atoms with Crippen molar-refractivity contribution < 1.29 is 18.0 Å². The van der Waals surface area contributed by atoms with Crippen LogP contribution in [0.4, 0.5) is 18.3 Å². The van der Waals surface area contributed by atoms with Gasteiger partial charge in [0.2, 0.25) is 0 Å². The topological polar surface area (TPSA) is 62.2 Å². The highest BCUT2D eigenvalue weighted by Crippen LogP contribution is 2.35. The number of amides is 1. The first kappa shape index (κ1) is 24.5. The van der Waals surface area contributed by atoms with Crippen LogP contribution in [-0.2, 0) is 0 Å². The lowest BCUT2D eigenvalue weighted by Gasteiger charge is -2.31. The highest BCUT2D eigenvalue weighted by Gasteiger charge is 2.47. The average molecular weight is 532 g/mol. The maximum Gasteiger partial charge on any atom is 0.408 e. The van der Waals surface area contributed by atoms with E-state index < -0.39 is 18.1 Å². The molecule has 36 heavy (non-hydrogen) atoms. The normalized spacial score (nSPS) is 16.9. The van der Waals surface area contributed by atoms with E-state index in [4.69, 9.17) is 11.6 Å². The predicted octanol–water partition coefficient (Wildman–Crippen LogP) is 6.00. The molecule has 0 radical (unpaired) electrons. The summed E-state index contributed by atoms with van der Waals surface area (Å²) in [6.07, 6.45) is -1.79. The minimum atomic E-state index is -4.58. The summed E-state index contributed by atoms with van der Waals surface area (Å²) < 4.78 is 43.6. The first-order chi connectivity index (χ1) is 17.2. The number of aromatic nitrogens is 3. The standard InChI is InChI=1S/C25H21ClF3N5OS/c1-15-3-5-17(22-30-8-2-9-31-22)18(13-15)23(35)34-12-11-33(10-7-21(34)25(27,28)29)24-32-19-14-16(26)4-6-20(19)36-24/h2-6,8-9,13-14,21H,7,10-12H2,1H3/t21-/m0/s1. The molecule has 1 fully saturated rings. The molecule has 1 aliphatic heterocycles. The molecule has 1 saturated heterocycles. The lowest BCUT2D eigenvalue weighted by Crippen LogP contribution is -2.49. The zero-order valence-electron chi connectivity index (χ0n) is 19.2. The number of carbonyl (C=O) groups excluding carboxylic acids is 1. The third-order valence-electron chi connectivity index (χ3n) is 6.12. The van der Waals surface area contributed by atoms with Crippen molar-refractivity contribution >= 4 is 44.2 Å². The van der Waals surface area contributed by atoms with E-state index in [2.05, 4.69) is 15.0 Å². The van der Waals surface area contributed by atoms with E-state index in [1.165, 1.54) is 23.7 Å². The number of thiazole rings is 1. The van der Waals surface area contributed by atoms with Crippen molar-refractivity contribution in [1.82, 2.24) is 19.9 Å². The van der Waals surface area contributed by atoms with E-state index in [0.717, 1.165) is 15.2 Å².